The van der Waals surface area contributed by atoms with E-state index in [2.05, 4.69) is 25.6 Å². The number of nitrogens with one attached hydrogen (secondary N) is 1. The van der Waals surface area contributed by atoms with Gasteiger partial charge in [-0.3, -0.25) is 5.43 Å². The first kappa shape index (κ1) is 17.5. The van der Waals surface area contributed by atoms with Gasteiger partial charge < -0.3 is 25.5 Å². The highest BCUT2D eigenvalue weighted by Crippen LogP contribution is 2.14. The number of rotatable bonds is 7. The molecule has 4 atom stereocenters. The fraction of sp³-hybridized carbons (Fsp3) is 0.455. The Morgan fingerprint density at radius 3 is 2.74 bits per heavy atom. The number of hydrogen-bond acceptors (Lipinski definition) is 10. The maximum absolute atomic E-state index is 9.67. The van der Waals surface area contributed by atoms with Gasteiger partial charge in [-0.1, -0.05) is 11.6 Å². The number of aromatic nitrogens is 4. The van der Waals surface area contributed by atoms with Gasteiger partial charge in [-0.15, -0.1) is 0 Å². The molecular weight excluding hydrogens is 332 g/mol. The normalized spacial score (nSPS) is 17.3. The molecule has 0 bridgehead atoms. The maximum atomic E-state index is 9.67. The summed E-state index contributed by atoms with van der Waals surface area (Å²) in [6.07, 6.45) is -4.50. The number of aliphatic hydroxyl groups is 5. The van der Waals surface area contributed by atoms with Crippen molar-refractivity contribution >= 4 is 29.4 Å². The van der Waals surface area contributed by atoms with Crippen LogP contribution in [-0.2, 0) is 0 Å². The summed E-state index contributed by atoms with van der Waals surface area (Å²) in [6.45, 7) is -0.764. The molecule has 0 aromatic carbocycles. The number of fused-ring (bicyclic) bond motifs is 1. The van der Waals surface area contributed by atoms with Gasteiger partial charge in [0.05, 0.1) is 12.8 Å². The van der Waals surface area contributed by atoms with Gasteiger partial charge in [0, 0.05) is 6.07 Å². The SMILES string of the molecule is OCC(O)C(O)C(O)C(O)C=NNc1cc(Cl)nc2ncnn12. The average Bonchev–Trinajstić information content (AvgIpc) is 3.00. The van der Waals surface area contributed by atoms with Gasteiger partial charge in [-0.05, 0) is 0 Å². The second kappa shape index (κ2) is 7.59. The minimum atomic E-state index is -1.74. The van der Waals surface area contributed by atoms with Gasteiger partial charge in [0.2, 0.25) is 0 Å². The van der Waals surface area contributed by atoms with E-state index >= 15 is 0 Å². The first-order valence-electron chi connectivity index (χ1n) is 6.42. The molecular formula is C11H15ClN6O5. The van der Waals surface area contributed by atoms with Crippen LogP contribution in [0.25, 0.3) is 5.78 Å². The van der Waals surface area contributed by atoms with Crippen LogP contribution in [0.1, 0.15) is 0 Å². The van der Waals surface area contributed by atoms with Gasteiger partial charge in [0.1, 0.15) is 35.9 Å². The van der Waals surface area contributed by atoms with Crippen molar-refractivity contribution in [2.45, 2.75) is 24.4 Å². The molecule has 2 aromatic heterocycles. The first-order chi connectivity index (χ1) is 10.9. The van der Waals surface area contributed by atoms with Crippen LogP contribution in [-0.4, -0.2) is 82.4 Å². The summed E-state index contributed by atoms with van der Waals surface area (Å²) in [5, 5.41) is 54.4. The Kier molecular flexibility index (Phi) is 5.76. The van der Waals surface area contributed by atoms with E-state index in [1.54, 1.807) is 0 Å². The molecule has 0 aliphatic carbocycles. The van der Waals surface area contributed by atoms with E-state index in [9.17, 15) is 20.4 Å². The zero-order chi connectivity index (χ0) is 17.0. The molecule has 0 aliphatic heterocycles. The van der Waals surface area contributed by atoms with E-state index in [-0.39, 0.29) is 10.9 Å². The van der Waals surface area contributed by atoms with Crippen LogP contribution in [0.4, 0.5) is 5.82 Å². The van der Waals surface area contributed by atoms with E-state index in [1.165, 1.54) is 16.9 Å². The Morgan fingerprint density at radius 2 is 2.04 bits per heavy atom. The topological polar surface area (TPSA) is 169 Å². The summed E-state index contributed by atoms with van der Waals surface area (Å²) in [6, 6.07) is 1.41. The van der Waals surface area contributed by atoms with Gasteiger partial charge in [-0.25, -0.2) is 0 Å². The molecule has 12 heteroatoms. The molecule has 0 fully saturated rings. The average molecular weight is 347 g/mol. The molecule has 2 aromatic rings. The second-order valence-corrected chi connectivity index (χ2v) is 4.93. The summed E-state index contributed by atoms with van der Waals surface area (Å²) in [4.78, 5) is 7.76. The molecule has 0 saturated carbocycles. The molecule has 0 radical (unpaired) electrons. The Hall–Kier alpha value is -1.89. The predicted molar refractivity (Wildman–Crippen MR) is 79.0 cm³/mol. The van der Waals surface area contributed by atoms with Gasteiger partial charge in [-0.2, -0.15) is 24.7 Å². The monoisotopic (exact) mass is 346 g/mol. The number of halogens is 1. The lowest BCUT2D eigenvalue weighted by Gasteiger charge is -2.23. The Labute approximate surface area is 134 Å². The molecule has 2 rings (SSSR count). The fourth-order valence-electron chi connectivity index (χ4n) is 1.67. The van der Waals surface area contributed by atoms with Crippen molar-refractivity contribution in [3.8, 4) is 0 Å². The van der Waals surface area contributed by atoms with E-state index in [0.717, 1.165) is 6.21 Å². The highest BCUT2D eigenvalue weighted by atomic mass is 35.5. The number of nitrogens with zero attached hydrogens (tertiary/aromatic N) is 5. The van der Waals surface area contributed by atoms with E-state index in [4.69, 9.17) is 16.7 Å². The lowest BCUT2D eigenvalue weighted by atomic mass is 10.0. The molecule has 0 saturated heterocycles. The predicted octanol–water partition coefficient (Wildman–Crippen LogP) is -2.39. The smallest absolute Gasteiger partial charge is 0.255 e. The van der Waals surface area contributed by atoms with Crippen molar-refractivity contribution in [3.63, 3.8) is 0 Å². The van der Waals surface area contributed by atoms with E-state index < -0.39 is 31.0 Å². The van der Waals surface area contributed by atoms with Crippen LogP contribution in [0.3, 0.4) is 0 Å². The minimum absolute atomic E-state index is 0.144. The summed E-state index contributed by atoms with van der Waals surface area (Å²) in [5.41, 5.74) is 2.52. The first-order valence-corrected chi connectivity index (χ1v) is 6.80. The molecule has 11 nitrogen and oxygen atoms in total. The molecule has 0 aliphatic rings. The third-order valence-corrected chi connectivity index (χ3v) is 3.10. The largest absolute Gasteiger partial charge is 0.394 e. The van der Waals surface area contributed by atoms with Crippen LogP contribution < -0.4 is 5.43 Å². The molecule has 126 valence electrons. The molecule has 0 amide bonds. The van der Waals surface area contributed by atoms with E-state index in [0.29, 0.717) is 5.82 Å². The maximum Gasteiger partial charge on any atom is 0.255 e. The van der Waals surface area contributed by atoms with Crippen molar-refractivity contribution in [2.24, 2.45) is 5.10 Å². The van der Waals surface area contributed by atoms with Crippen LogP contribution in [0, 0.1) is 0 Å². The number of anilines is 1. The molecule has 2 heterocycles. The van der Waals surface area contributed by atoms with Crippen molar-refractivity contribution in [1.82, 2.24) is 19.6 Å². The molecule has 6 N–H and O–H groups in total. The zero-order valence-electron chi connectivity index (χ0n) is 11.6. The number of aliphatic hydroxyl groups excluding tert-OH is 5. The van der Waals surface area contributed by atoms with Crippen LogP contribution in [0.5, 0.6) is 0 Å². The van der Waals surface area contributed by atoms with Crippen LogP contribution in [0.2, 0.25) is 5.15 Å². The van der Waals surface area contributed by atoms with Crippen LogP contribution >= 0.6 is 11.6 Å². The summed E-state index contributed by atoms with van der Waals surface area (Å²) in [7, 11) is 0. The van der Waals surface area contributed by atoms with Gasteiger partial charge >= 0.3 is 0 Å². The fourth-order valence-corrected chi connectivity index (χ4v) is 1.85. The minimum Gasteiger partial charge on any atom is -0.394 e. The quantitative estimate of drug-likeness (QED) is 0.182. The van der Waals surface area contributed by atoms with Crippen molar-refractivity contribution in [2.75, 3.05) is 12.0 Å². The lowest BCUT2D eigenvalue weighted by molar-refractivity contribution is -0.0999. The molecule has 0 spiro atoms. The van der Waals surface area contributed by atoms with E-state index in [1.807, 2.05) is 0 Å². The lowest BCUT2D eigenvalue weighted by Crippen LogP contribution is -2.46. The molecule has 23 heavy (non-hydrogen) atoms. The van der Waals surface area contributed by atoms with Gasteiger partial charge in [0.25, 0.3) is 5.78 Å². The number of hydrogen-bond donors (Lipinski definition) is 6. The summed E-state index contributed by atoms with van der Waals surface area (Å²) < 4.78 is 1.30. The summed E-state index contributed by atoms with van der Waals surface area (Å²) in [5.74, 6) is 0.531. The zero-order valence-corrected chi connectivity index (χ0v) is 12.4. The standard InChI is InChI=1S/C11H15ClN6O5/c12-7-1-8(18-11(16-7)13-4-15-18)17-14-2-5(20)9(22)10(23)6(21)3-19/h1-2,4-6,9-10,17,19-23H,3H2. The third kappa shape index (κ3) is 4.10. The van der Waals surface area contributed by atoms with Gasteiger partial charge in [0.15, 0.2) is 5.82 Å². The van der Waals surface area contributed by atoms with Crippen LogP contribution in [0.15, 0.2) is 17.5 Å². The number of hydrazone groups is 1. The van der Waals surface area contributed by atoms with Crippen molar-refractivity contribution in [3.05, 3.63) is 17.5 Å². The van der Waals surface area contributed by atoms with Crippen molar-refractivity contribution < 1.29 is 25.5 Å². The van der Waals surface area contributed by atoms with Crippen molar-refractivity contribution in [1.29, 1.82) is 0 Å². The Balaban J connectivity index is 2.04. The Bertz CT molecular complexity index is 682. The third-order valence-electron chi connectivity index (χ3n) is 2.91. The summed E-state index contributed by atoms with van der Waals surface area (Å²) >= 11 is 5.81. The molecule has 4 unspecified atom stereocenters. The highest BCUT2D eigenvalue weighted by Gasteiger charge is 2.29. The highest BCUT2D eigenvalue weighted by molar-refractivity contribution is 6.29. The second-order valence-electron chi connectivity index (χ2n) is 4.55. The Morgan fingerprint density at radius 1 is 1.30 bits per heavy atom.